The van der Waals surface area contributed by atoms with Crippen molar-refractivity contribution in [1.29, 1.82) is 0 Å². The van der Waals surface area contributed by atoms with Gasteiger partial charge in [-0.2, -0.15) is 0 Å². The molecule has 5 heteroatoms. The first-order valence-electron chi connectivity index (χ1n) is 5.70. The fraction of sp³-hybridized carbons (Fsp3) is 0.462. The molecule has 0 heterocycles. The van der Waals surface area contributed by atoms with Crippen molar-refractivity contribution in [3.05, 3.63) is 28.8 Å². The Hall–Kier alpha value is -1.26. The van der Waals surface area contributed by atoms with Crippen molar-refractivity contribution in [3.8, 4) is 5.75 Å². The van der Waals surface area contributed by atoms with Crippen molar-refractivity contribution in [2.75, 3.05) is 7.11 Å². The van der Waals surface area contributed by atoms with E-state index in [1.807, 2.05) is 13.8 Å². The van der Waals surface area contributed by atoms with Crippen molar-refractivity contribution in [2.24, 2.45) is 11.7 Å². The van der Waals surface area contributed by atoms with Crippen molar-refractivity contribution >= 4 is 17.6 Å². The van der Waals surface area contributed by atoms with E-state index in [0.29, 0.717) is 16.3 Å². The SMILES string of the molecule is COc1ccc(Cl)cc1COC(=O)C(N)C(C)C. The van der Waals surface area contributed by atoms with Crippen LogP contribution in [-0.2, 0) is 16.1 Å². The molecule has 0 bridgehead atoms. The van der Waals surface area contributed by atoms with E-state index in [1.54, 1.807) is 25.3 Å². The van der Waals surface area contributed by atoms with Crippen molar-refractivity contribution in [1.82, 2.24) is 0 Å². The molecule has 0 saturated carbocycles. The summed E-state index contributed by atoms with van der Waals surface area (Å²) in [6.45, 7) is 3.83. The molecule has 18 heavy (non-hydrogen) atoms. The molecule has 1 aromatic carbocycles. The number of carbonyl (C=O) groups excluding carboxylic acids is 1. The fourth-order valence-corrected chi connectivity index (χ4v) is 1.57. The maximum Gasteiger partial charge on any atom is 0.323 e. The summed E-state index contributed by atoms with van der Waals surface area (Å²) >= 11 is 5.88. The van der Waals surface area contributed by atoms with Gasteiger partial charge in [0.25, 0.3) is 0 Å². The Labute approximate surface area is 112 Å². The minimum Gasteiger partial charge on any atom is -0.496 e. The van der Waals surface area contributed by atoms with Crippen LogP contribution < -0.4 is 10.5 Å². The van der Waals surface area contributed by atoms with Crippen molar-refractivity contribution < 1.29 is 14.3 Å². The smallest absolute Gasteiger partial charge is 0.323 e. The fourth-order valence-electron chi connectivity index (χ4n) is 1.38. The highest BCUT2D eigenvalue weighted by Gasteiger charge is 2.19. The lowest BCUT2D eigenvalue weighted by molar-refractivity contribution is -0.147. The van der Waals surface area contributed by atoms with E-state index in [1.165, 1.54) is 0 Å². The first kappa shape index (κ1) is 14.8. The Morgan fingerprint density at radius 3 is 2.67 bits per heavy atom. The number of hydrogen-bond acceptors (Lipinski definition) is 4. The van der Waals surface area contributed by atoms with Crippen molar-refractivity contribution in [2.45, 2.75) is 26.5 Å². The first-order valence-corrected chi connectivity index (χ1v) is 6.08. The molecule has 1 atom stereocenters. The molecule has 0 spiro atoms. The Morgan fingerprint density at radius 1 is 1.44 bits per heavy atom. The van der Waals surface area contributed by atoms with Gasteiger partial charge in [-0.15, -0.1) is 0 Å². The van der Waals surface area contributed by atoms with E-state index in [4.69, 9.17) is 26.8 Å². The summed E-state index contributed by atoms with van der Waals surface area (Å²) in [5.74, 6) is 0.246. The number of rotatable bonds is 5. The Morgan fingerprint density at radius 2 is 2.11 bits per heavy atom. The molecule has 1 rings (SSSR count). The van der Waals surface area contributed by atoms with E-state index < -0.39 is 12.0 Å². The summed E-state index contributed by atoms with van der Waals surface area (Å²) < 4.78 is 10.3. The number of hydrogen-bond donors (Lipinski definition) is 1. The third kappa shape index (κ3) is 3.89. The molecule has 4 nitrogen and oxygen atoms in total. The summed E-state index contributed by atoms with van der Waals surface area (Å²) in [6, 6.07) is 4.53. The molecular weight excluding hydrogens is 254 g/mol. The minimum absolute atomic E-state index is 0.0405. The standard InChI is InChI=1S/C13H18ClNO3/c1-8(2)12(15)13(16)18-7-9-6-10(14)4-5-11(9)17-3/h4-6,8,12H,7,15H2,1-3H3. The zero-order valence-electron chi connectivity index (χ0n) is 10.8. The van der Waals surface area contributed by atoms with Gasteiger partial charge in [-0.25, -0.2) is 0 Å². The van der Waals surface area contributed by atoms with Crippen LogP contribution in [0, 0.1) is 5.92 Å². The summed E-state index contributed by atoms with van der Waals surface area (Å²) in [5, 5.41) is 0.565. The molecule has 0 fully saturated rings. The van der Waals surface area contributed by atoms with E-state index in [2.05, 4.69) is 0 Å². The summed E-state index contributed by atoms with van der Waals surface area (Å²) in [7, 11) is 1.55. The zero-order valence-corrected chi connectivity index (χ0v) is 11.5. The van der Waals surface area contributed by atoms with E-state index in [-0.39, 0.29) is 12.5 Å². The molecule has 100 valence electrons. The topological polar surface area (TPSA) is 61.5 Å². The van der Waals surface area contributed by atoms with Crippen LogP contribution in [0.3, 0.4) is 0 Å². The van der Waals surface area contributed by atoms with Gasteiger partial charge in [0.15, 0.2) is 0 Å². The van der Waals surface area contributed by atoms with Gasteiger partial charge in [0.2, 0.25) is 0 Å². The monoisotopic (exact) mass is 271 g/mol. The number of methoxy groups -OCH3 is 1. The molecule has 0 aliphatic carbocycles. The first-order chi connectivity index (χ1) is 8.45. The zero-order chi connectivity index (χ0) is 13.7. The maximum atomic E-state index is 11.6. The average Bonchev–Trinajstić information content (AvgIpc) is 2.35. The lowest BCUT2D eigenvalue weighted by atomic mass is 10.1. The normalized spacial score (nSPS) is 12.3. The summed E-state index contributed by atoms with van der Waals surface area (Å²) in [4.78, 5) is 11.6. The lowest BCUT2D eigenvalue weighted by Gasteiger charge is -2.15. The predicted octanol–water partition coefficient (Wildman–Crippen LogP) is 2.38. The van der Waals surface area contributed by atoms with Crippen LogP contribution in [0.1, 0.15) is 19.4 Å². The van der Waals surface area contributed by atoms with Crippen LogP contribution in [0.4, 0.5) is 0 Å². The summed E-state index contributed by atoms with van der Waals surface area (Å²) in [6.07, 6.45) is 0. The quantitative estimate of drug-likeness (QED) is 0.835. The van der Waals surface area contributed by atoms with E-state index >= 15 is 0 Å². The molecule has 0 saturated heterocycles. The van der Waals surface area contributed by atoms with Crippen molar-refractivity contribution in [3.63, 3.8) is 0 Å². The number of esters is 1. The second-order valence-corrected chi connectivity index (χ2v) is 4.77. The lowest BCUT2D eigenvalue weighted by Crippen LogP contribution is -2.36. The maximum absolute atomic E-state index is 11.6. The third-order valence-corrected chi connectivity index (χ3v) is 2.84. The van der Waals surface area contributed by atoms with Gasteiger partial charge in [-0.3, -0.25) is 4.79 Å². The summed E-state index contributed by atoms with van der Waals surface area (Å²) in [5.41, 5.74) is 6.41. The van der Waals surface area contributed by atoms with Gasteiger partial charge in [0.1, 0.15) is 18.4 Å². The molecule has 0 aliphatic rings. The predicted molar refractivity (Wildman–Crippen MR) is 70.6 cm³/mol. The molecule has 0 aliphatic heterocycles. The Kier molecular flexibility index (Phi) is 5.44. The third-order valence-electron chi connectivity index (χ3n) is 2.60. The van der Waals surface area contributed by atoms with E-state index in [9.17, 15) is 4.79 Å². The average molecular weight is 272 g/mol. The largest absolute Gasteiger partial charge is 0.496 e. The van der Waals surface area contributed by atoms with Crippen LogP contribution in [0.25, 0.3) is 0 Å². The van der Waals surface area contributed by atoms with Crippen LogP contribution in [0.2, 0.25) is 5.02 Å². The highest BCUT2D eigenvalue weighted by molar-refractivity contribution is 6.30. The molecule has 1 aromatic rings. The second kappa shape index (κ2) is 6.61. The van der Waals surface area contributed by atoms with E-state index in [0.717, 1.165) is 0 Å². The molecule has 0 radical (unpaired) electrons. The number of nitrogens with two attached hydrogens (primary N) is 1. The van der Waals surface area contributed by atoms with Crippen LogP contribution in [0.15, 0.2) is 18.2 Å². The van der Waals surface area contributed by atoms with Crippen LogP contribution in [0.5, 0.6) is 5.75 Å². The molecule has 1 unspecified atom stereocenters. The second-order valence-electron chi connectivity index (χ2n) is 4.33. The Bertz CT molecular complexity index is 421. The molecule has 0 amide bonds. The van der Waals surface area contributed by atoms with Gasteiger partial charge in [0, 0.05) is 10.6 Å². The Balaban J connectivity index is 2.68. The number of ether oxygens (including phenoxy) is 2. The highest BCUT2D eigenvalue weighted by atomic mass is 35.5. The van der Waals surface area contributed by atoms with Crippen LogP contribution in [-0.4, -0.2) is 19.1 Å². The minimum atomic E-state index is -0.616. The van der Waals surface area contributed by atoms with Crippen LogP contribution >= 0.6 is 11.6 Å². The number of halogens is 1. The highest BCUT2D eigenvalue weighted by Crippen LogP contribution is 2.23. The van der Waals surface area contributed by atoms with Gasteiger partial charge in [-0.05, 0) is 24.1 Å². The van der Waals surface area contributed by atoms with Gasteiger partial charge >= 0.3 is 5.97 Å². The molecular formula is C13H18ClNO3. The molecule has 0 aromatic heterocycles. The number of benzene rings is 1. The van der Waals surface area contributed by atoms with Gasteiger partial charge in [-0.1, -0.05) is 25.4 Å². The van der Waals surface area contributed by atoms with Gasteiger partial charge < -0.3 is 15.2 Å². The molecule has 2 N–H and O–H groups in total. The number of carbonyl (C=O) groups is 1. The van der Waals surface area contributed by atoms with Gasteiger partial charge in [0.05, 0.1) is 7.11 Å².